The molecule has 3 heterocycles. The predicted molar refractivity (Wildman–Crippen MR) is 117 cm³/mol. The van der Waals surface area contributed by atoms with Gasteiger partial charge in [-0.05, 0) is 13.0 Å². The van der Waals surface area contributed by atoms with E-state index in [9.17, 15) is 53.9 Å². The van der Waals surface area contributed by atoms with Crippen LogP contribution in [-0.4, -0.2) is 52.5 Å². The molecule has 16 heteroatoms. The lowest BCUT2D eigenvalue weighted by Crippen LogP contribution is -2.54. The van der Waals surface area contributed by atoms with E-state index >= 15 is 0 Å². The standard InChI is InChI=1S/C23H15F9N4O3/c1-9(22(28,29)23(30,31)32)33-21(39)13-8-36(17-14(25)4-10(24)5-15(17)26)19-12(18(13)38)6-16(27)20(34-19)35-3-2-11(37)7-35/h4-6,8-9H,2-3,7H2,1H3,(H,33,39). The number of nitrogens with one attached hydrogen (secondary N) is 1. The molecule has 1 aliphatic rings. The van der Waals surface area contributed by atoms with Crippen LogP contribution in [0, 0.1) is 23.3 Å². The van der Waals surface area contributed by atoms with Crippen molar-refractivity contribution in [3.8, 4) is 5.69 Å². The molecule has 0 radical (unpaired) electrons. The SMILES string of the molecule is CC(NC(=O)c1cn(-c2c(F)cc(F)cc2F)c2nc(N3CCC(=O)C3)c(F)cc2c1=O)C(F)(F)C(F)(F)F. The first-order chi connectivity index (χ1) is 18.0. The number of amides is 1. The molecule has 0 saturated carbocycles. The van der Waals surface area contributed by atoms with Gasteiger partial charge in [-0.3, -0.25) is 19.0 Å². The Bertz CT molecular complexity index is 1550. The minimum absolute atomic E-state index is 0.00353. The average molecular weight is 566 g/mol. The Morgan fingerprint density at radius 1 is 1.00 bits per heavy atom. The number of anilines is 1. The van der Waals surface area contributed by atoms with E-state index in [0.29, 0.717) is 23.8 Å². The summed E-state index contributed by atoms with van der Waals surface area (Å²) in [5, 5.41) is 0.485. The van der Waals surface area contributed by atoms with Crippen molar-refractivity contribution in [2.75, 3.05) is 18.0 Å². The number of rotatable bonds is 5. The van der Waals surface area contributed by atoms with Crippen LogP contribution in [0.25, 0.3) is 16.7 Å². The summed E-state index contributed by atoms with van der Waals surface area (Å²) in [4.78, 5) is 42.4. The first-order valence-electron chi connectivity index (χ1n) is 11.0. The Kier molecular flexibility index (Phi) is 6.85. The summed E-state index contributed by atoms with van der Waals surface area (Å²) in [5.74, 6) is -13.8. The minimum Gasteiger partial charge on any atom is -0.346 e. The van der Waals surface area contributed by atoms with Crippen LogP contribution in [0.3, 0.4) is 0 Å². The van der Waals surface area contributed by atoms with Gasteiger partial charge in [0.25, 0.3) is 5.91 Å². The molecule has 3 aromatic rings. The maximum atomic E-state index is 15.0. The molecule has 1 unspecified atom stereocenters. The zero-order chi connectivity index (χ0) is 29.0. The first-order valence-corrected chi connectivity index (χ1v) is 11.0. The molecule has 0 bridgehead atoms. The van der Waals surface area contributed by atoms with Gasteiger partial charge in [-0.15, -0.1) is 0 Å². The number of carbonyl (C=O) groups excluding carboxylic acids is 2. The van der Waals surface area contributed by atoms with E-state index in [0.717, 1.165) is 4.90 Å². The zero-order valence-corrected chi connectivity index (χ0v) is 19.5. The average Bonchev–Trinajstić information content (AvgIpc) is 3.24. The van der Waals surface area contributed by atoms with Crippen molar-refractivity contribution in [1.29, 1.82) is 0 Å². The van der Waals surface area contributed by atoms with Gasteiger partial charge in [0.1, 0.15) is 17.1 Å². The zero-order valence-electron chi connectivity index (χ0n) is 19.5. The van der Waals surface area contributed by atoms with Crippen LogP contribution < -0.4 is 15.6 Å². The molecule has 0 aliphatic carbocycles. The topological polar surface area (TPSA) is 84.3 Å². The number of Topliss-reactive ketones (excluding diaryl/α,β-unsaturated/α-hetero) is 1. The fourth-order valence-electron chi connectivity index (χ4n) is 3.96. The summed E-state index contributed by atoms with van der Waals surface area (Å²) in [5.41, 5.74) is -4.46. The van der Waals surface area contributed by atoms with Crippen LogP contribution in [0.15, 0.2) is 29.2 Å². The third kappa shape index (κ3) is 4.90. The Balaban J connectivity index is 1.96. The van der Waals surface area contributed by atoms with Gasteiger partial charge in [0.15, 0.2) is 34.7 Å². The van der Waals surface area contributed by atoms with Crippen molar-refractivity contribution in [2.24, 2.45) is 0 Å². The predicted octanol–water partition coefficient (Wildman–Crippen LogP) is 4.04. The lowest BCUT2D eigenvalue weighted by Gasteiger charge is -2.26. The molecule has 2 aromatic heterocycles. The molecule has 1 N–H and O–H groups in total. The third-order valence-corrected chi connectivity index (χ3v) is 5.98. The molecular weight excluding hydrogens is 551 g/mol. The van der Waals surface area contributed by atoms with Crippen molar-refractivity contribution in [3.63, 3.8) is 0 Å². The summed E-state index contributed by atoms with van der Waals surface area (Å²) in [6, 6.07) is -1.96. The number of benzene rings is 1. The number of ketones is 1. The Morgan fingerprint density at radius 2 is 1.62 bits per heavy atom. The van der Waals surface area contributed by atoms with Gasteiger partial charge in [0.2, 0.25) is 5.43 Å². The quantitative estimate of drug-likeness (QED) is 0.472. The lowest BCUT2D eigenvalue weighted by molar-refractivity contribution is -0.290. The third-order valence-electron chi connectivity index (χ3n) is 5.98. The maximum absolute atomic E-state index is 15.0. The molecule has 1 atom stereocenters. The van der Waals surface area contributed by atoms with Crippen molar-refractivity contribution in [1.82, 2.24) is 14.9 Å². The van der Waals surface area contributed by atoms with Gasteiger partial charge >= 0.3 is 12.1 Å². The number of hydrogen-bond donors (Lipinski definition) is 1. The summed E-state index contributed by atoms with van der Waals surface area (Å²) in [6.07, 6.45) is -5.67. The van der Waals surface area contributed by atoms with Gasteiger partial charge in [-0.25, -0.2) is 22.5 Å². The van der Waals surface area contributed by atoms with Gasteiger partial charge in [-0.2, -0.15) is 22.0 Å². The Labute approximate surface area is 211 Å². The van der Waals surface area contributed by atoms with E-state index < -0.39 is 80.8 Å². The number of carbonyl (C=O) groups is 2. The highest BCUT2D eigenvalue weighted by atomic mass is 19.4. The van der Waals surface area contributed by atoms with Gasteiger partial charge in [-0.1, -0.05) is 0 Å². The number of aromatic nitrogens is 2. The number of nitrogens with zero attached hydrogens (tertiary/aromatic N) is 3. The van der Waals surface area contributed by atoms with Gasteiger partial charge < -0.3 is 10.2 Å². The fraction of sp³-hybridized carbons (Fsp3) is 0.304. The molecule has 1 fully saturated rings. The number of fused-ring (bicyclic) bond motifs is 1. The second-order valence-corrected chi connectivity index (χ2v) is 8.65. The van der Waals surface area contributed by atoms with Crippen LogP contribution in [0.5, 0.6) is 0 Å². The summed E-state index contributed by atoms with van der Waals surface area (Å²) in [6.45, 7) is 0.0173. The molecule has 1 aromatic carbocycles. The van der Waals surface area contributed by atoms with E-state index in [4.69, 9.17) is 0 Å². The van der Waals surface area contributed by atoms with Gasteiger partial charge in [0.05, 0.1) is 18.0 Å². The second-order valence-electron chi connectivity index (χ2n) is 8.65. The Hall–Kier alpha value is -4.11. The molecule has 1 amide bonds. The van der Waals surface area contributed by atoms with Crippen molar-refractivity contribution >= 4 is 28.5 Å². The lowest BCUT2D eigenvalue weighted by atomic mass is 10.1. The highest BCUT2D eigenvalue weighted by molar-refractivity contribution is 5.97. The van der Waals surface area contributed by atoms with E-state index in [1.807, 2.05) is 0 Å². The van der Waals surface area contributed by atoms with E-state index in [1.165, 1.54) is 5.32 Å². The second kappa shape index (κ2) is 9.57. The summed E-state index contributed by atoms with van der Waals surface area (Å²) >= 11 is 0. The number of hydrogen-bond acceptors (Lipinski definition) is 5. The molecule has 1 saturated heterocycles. The smallest absolute Gasteiger partial charge is 0.346 e. The van der Waals surface area contributed by atoms with Crippen LogP contribution in [0.2, 0.25) is 0 Å². The molecule has 39 heavy (non-hydrogen) atoms. The monoisotopic (exact) mass is 566 g/mol. The van der Waals surface area contributed by atoms with Crippen molar-refractivity contribution in [2.45, 2.75) is 31.5 Å². The molecule has 208 valence electrons. The first kappa shape index (κ1) is 27.9. The maximum Gasteiger partial charge on any atom is 0.455 e. The summed E-state index contributed by atoms with van der Waals surface area (Å²) in [7, 11) is 0. The van der Waals surface area contributed by atoms with Crippen LogP contribution in [-0.2, 0) is 4.79 Å². The van der Waals surface area contributed by atoms with Crippen molar-refractivity contribution < 1.29 is 49.1 Å². The Morgan fingerprint density at radius 3 is 2.15 bits per heavy atom. The summed E-state index contributed by atoms with van der Waals surface area (Å²) < 4.78 is 124. The largest absolute Gasteiger partial charge is 0.455 e. The fourth-order valence-corrected chi connectivity index (χ4v) is 3.96. The normalized spacial score (nSPS) is 15.2. The minimum atomic E-state index is -6.08. The van der Waals surface area contributed by atoms with Crippen LogP contribution in [0.1, 0.15) is 23.7 Å². The van der Waals surface area contributed by atoms with E-state index in [1.54, 1.807) is 0 Å². The molecule has 7 nitrogen and oxygen atoms in total. The van der Waals surface area contributed by atoms with Crippen molar-refractivity contribution in [3.05, 3.63) is 63.5 Å². The molecule has 4 rings (SSSR count). The number of alkyl halides is 5. The number of pyridine rings is 2. The number of halogens is 9. The van der Waals surface area contributed by atoms with Crippen LogP contribution in [0.4, 0.5) is 45.3 Å². The molecule has 0 spiro atoms. The molecule has 1 aliphatic heterocycles. The van der Waals surface area contributed by atoms with E-state index in [2.05, 4.69) is 4.98 Å². The van der Waals surface area contributed by atoms with Gasteiger partial charge in [0, 0.05) is 31.3 Å². The molecular formula is C23H15F9N4O3. The van der Waals surface area contributed by atoms with Crippen LogP contribution >= 0.6 is 0 Å². The van der Waals surface area contributed by atoms with E-state index in [-0.39, 0.29) is 37.4 Å². The highest BCUT2D eigenvalue weighted by Gasteiger charge is 2.61. The highest BCUT2D eigenvalue weighted by Crippen LogP contribution is 2.38.